The maximum atomic E-state index is 12.8. The minimum atomic E-state index is -4.48. The molecule has 7 nitrogen and oxygen atoms in total. The van der Waals surface area contributed by atoms with Crippen LogP contribution in [-0.2, 0) is 11.0 Å². The van der Waals surface area contributed by atoms with Gasteiger partial charge in [-0.2, -0.15) is 18.3 Å². The molecule has 0 saturated carbocycles. The van der Waals surface area contributed by atoms with Gasteiger partial charge < -0.3 is 15.2 Å². The molecule has 0 aliphatic rings. The van der Waals surface area contributed by atoms with E-state index in [1.807, 2.05) is 0 Å². The number of carbonyl (C=O) groups excluding carboxylic acids is 2. The van der Waals surface area contributed by atoms with E-state index in [4.69, 9.17) is 16.3 Å². The molecule has 0 aliphatic heterocycles. The number of carbonyl (C=O) groups is 2. The number of amides is 2. The van der Waals surface area contributed by atoms with E-state index in [0.29, 0.717) is 11.3 Å². The van der Waals surface area contributed by atoms with Crippen molar-refractivity contribution in [1.82, 2.24) is 5.43 Å². The van der Waals surface area contributed by atoms with Crippen LogP contribution in [0.3, 0.4) is 0 Å². The van der Waals surface area contributed by atoms with Crippen molar-refractivity contribution in [2.45, 2.75) is 6.18 Å². The van der Waals surface area contributed by atoms with E-state index in [9.17, 15) is 27.9 Å². The molecule has 3 rings (SSSR count). The summed E-state index contributed by atoms with van der Waals surface area (Å²) in [5.41, 5.74) is 2.78. The van der Waals surface area contributed by atoms with Crippen LogP contribution in [0.1, 0.15) is 27.0 Å². The number of alkyl halides is 3. The van der Waals surface area contributed by atoms with Gasteiger partial charge in [0, 0.05) is 11.6 Å². The monoisotopic (exact) mass is 517 g/mol. The number of aromatic hydroxyl groups is 1. The van der Waals surface area contributed by atoms with Crippen LogP contribution in [0.5, 0.6) is 11.5 Å². The zero-order chi connectivity index (χ0) is 26.3. The number of halogens is 4. The normalized spacial score (nSPS) is 11.6. The summed E-state index contributed by atoms with van der Waals surface area (Å²) >= 11 is 5.79. The van der Waals surface area contributed by atoms with E-state index in [1.54, 1.807) is 12.1 Å². The van der Waals surface area contributed by atoms with Crippen LogP contribution in [0.15, 0.2) is 71.8 Å². The number of ether oxygens (including phenoxy) is 1. The molecule has 11 heteroatoms. The molecule has 0 heterocycles. The van der Waals surface area contributed by atoms with Gasteiger partial charge in [-0.05, 0) is 59.7 Å². The van der Waals surface area contributed by atoms with Crippen LogP contribution < -0.4 is 15.5 Å². The van der Waals surface area contributed by atoms with Crippen molar-refractivity contribution in [2.75, 3.05) is 12.4 Å². The van der Waals surface area contributed by atoms with E-state index in [-0.39, 0.29) is 27.6 Å². The van der Waals surface area contributed by atoms with Crippen molar-refractivity contribution in [3.05, 3.63) is 94.0 Å². The minimum absolute atomic E-state index is 0.0265. The maximum absolute atomic E-state index is 12.8. The Kier molecular flexibility index (Phi) is 8.34. The Morgan fingerprint density at radius 1 is 1.06 bits per heavy atom. The van der Waals surface area contributed by atoms with Crippen LogP contribution >= 0.6 is 11.6 Å². The van der Waals surface area contributed by atoms with Gasteiger partial charge in [0.2, 0.25) is 5.91 Å². The van der Waals surface area contributed by atoms with E-state index >= 15 is 0 Å². The van der Waals surface area contributed by atoms with Crippen molar-refractivity contribution < 1.29 is 32.6 Å². The summed E-state index contributed by atoms with van der Waals surface area (Å²) in [5.74, 6) is -0.984. The number of nitrogens with one attached hydrogen (secondary N) is 2. The Morgan fingerprint density at radius 2 is 1.83 bits per heavy atom. The summed E-state index contributed by atoms with van der Waals surface area (Å²) in [6.07, 6.45) is -0.758. The number of hydrazone groups is 1. The van der Waals surface area contributed by atoms with Crippen molar-refractivity contribution in [2.24, 2.45) is 5.10 Å². The third-order valence-corrected chi connectivity index (χ3v) is 5.02. The van der Waals surface area contributed by atoms with Gasteiger partial charge >= 0.3 is 6.18 Å². The van der Waals surface area contributed by atoms with Crippen molar-refractivity contribution in [1.29, 1.82) is 0 Å². The van der Waals surface area contributed by atoms with Gasteiger partial charge in [0.25, 0.3) is 5.91 Å². The number of phenolic OH excluding ortho intramolecular Hbond substituents is 1. The second-order valence-electron chi connectivity index (χ2n) is 7.27. The molecule has 3 aromatic carbocycles. The Hall–Kier alpha value is -4.31. The molecule has 0 saturated heterocycles. The second kappa shape index (κ2) is 11.4. The predicted molar refractivity (Wildman–Crippen MR) is 130 cm³/mol. The molecular formula is C25H19ClF3N3O4. The number of anilines is 1. The molecule has 0 unspecified atom stereocenters. The first-order valence-electron chi connectivity index (χ1n) is 10.2. The molecule has 0 aromatic heterocycles. The lowest BCUT2D eigenvalue weighted by Crippen LogP contribution is -2.17. The van der Waals surface area contributed by atoms with Crippen LogP contribution in [0.4, 0.5) is 18.9 Å². The van der Waals surface area contributed by atoms with Crippen LogP contribution in [-0.4, -0.2) is 30.2 Å². The van der Waals surface area contributed by atoms with Gasteiger partial charge in [-0.1, -0.05) is 29.8 Å². The largest absolute Gasteiger partial charge is 0.506 e. The molecular weight excluding hydrogens is 499 g/mol. The summed E-state index contributed by atoms with van der Waals surface area (Å²) in [4.78, 5) is 24.4. The summed E-state index contributed by atoms with van der Waals surface area (Å²) in [7, 11) is 1.39. The number of nitrogens with zero attached hydrogens (tertiary/aromatic N) is 1. The molecule has 3 aromatic rings. The van der Waals surface area contributed by atoms with E-state index in [0.717, 1.165) is 18.2 Å². The zero-order valence-corrected chi connectivity index (χ0v) is 19.4. The average Bonchev–Trinajstić information content (AvgIpc) is 2.84. The lowest BCUT2D eigenvalue weighted by Gasteiger charge is -2.10. The average molecular weight is 518 g/mol. The Labute approximate surface area is 208 Å². The third-order valence-electron chi connectivity index (χ3n) is 4.71. The summed E-state index contributed by atoms with van der Waals surface area (Å²) < 4.78 is 43.8. The molecule has 0 fully saturated rings. The molecule has 2 amide bonds. The van der Waals surface area contributed by atoms with Gasteiger partial charge in [0.15, 0.2) is 0 Å². The summed E-state index contributed by atoms with van der Waals surface area (Å²) in [6, 6.07) is 13.2. The highest BCUT2D eigenvalue weighted by molar-refractivity contribution is 6.32. The SMILES string of the molecule is COc1cc(C=NNC(=O)c2ccc(O)c(Cl)c2)ccc1NC(=O)C=Cc1cccc(C(F)(F)F)c1. The molecule has 0 atom stereocenters. The lowest BCUT2D eigenvalue weighted by atomic mass is 10.1. The van der Waals surface area contributed by atoms with Gasteiger partial charge in [0.05, 0.1) is 29.6 Å². The van der Waals surface area contributed by atoms with Crippen LogP contribution in [0.2, 0.25) is 5.02 Å². The fourth-order valence-corrected chi connectivity index (χ4v) is 3.12. The molecule has 0 radical (unpaired) electrons. The highest BCUT2D eigenvalue weighted by Gasteiger charge is 2.30. The molecule has 0 aliphatic carbocycles. The van der Waals surface area contributed by atoms with Crippen LogP contribution in [0.25, 0.3) is 6.08 Å². The van der Waals surface area contributed by atoms with E-state index in [2.05, 4.69) is 15.8 Å². The number of benzene rings is 3. The van der Waals surface area contributed by atoms with Gasteiger partial charge in [-0.3, -0.25) is 9.59 Å². The quantitative estimate of drug-likeness (QED) is 0.219. The number of phenols is 1. The van der Waals surface area contributed by atoms with Crippen LogP contribution in [0, 0.1) is 0 Å². The summed E-state index contributed by atoms with van der Waals surface area (Å²) in [6.45, 7) is 0. The highest BCUT2D eigenvalue weighted by Crippen LogP contribution is 2.30. The molecule has 36 heavy (non-hydrogen) atoms. The smallest absolute Gasteiger partial charge is 0.416 e. The first-order valence-corrected chi connectivity index (χ1v) is 10.6. The molecule has 3 N–H and O–H groups in total. The number of hydrogen-bond donors (Lipinski definition) is 3. The van der Waals surface area contributed by atoms with Gasteiger partial charge in [0.1, 0.15) is 11.5 Å². The number of rotatable bonds is 7. The van der Waals surface area contributed by atoms with Crippen molar-refractivity contribution >= 4 is 41.4 Å². The van der Waals surface area contributed by atoms with Gasteiger partial charge in [-0.15, -0.1) is 0 Å². The van der Waals surface area contributed by atoms with Crippen molar-refractivity contribution in [3.8, 4) is 11.5 Å². The predicted octanol–water partition coefficient (Wildman–Crippen LogP) is 5.49. The lowest BCUT2D eigenvalue weighted by molar-refractivity contribution is -0.137. The third kappa shape index (κ3) is 7.09. The maximum Gasteiger partial charge on any atom is 0.416 e. The first kappa shape index (κ1) is 26.3. The number of methoxy groups -OCH3 is 1. The minimum Gasteiger partial charge on any atom is -0.506 e. The number of hydrogen-bond acceptors (Lipinski definition) is 5. The molecule has 0 spiro atoms. The van der Waals surface area contributed by atoms with Crippen molar-refractivity contribution in [3.63, 3.8) is 0 Å². The summed E-state index contributed by atoms with van der Waals surface area (Å²) in [5, 5.41) is 15.9. The van der Waals surface area contributed by atoms with E-state index in [1.165, 1.54) is 55.8 Å². The zero-order valence-electron chi connectivity index (χ0n) is 18.6. The first-order chi connectivity index (χ1) is 17.1. The molecule has 0 bridgehead atoms. The topological polar surface area (TPSA) is 100 Å². The fourth-order valence-electron chi connectivity index (χ4n) is 2.93. The Morgan fingerprint density at radius 3 is 2.53 bits per heavy atom. The molecule has 186 valence electrons. The van der Waals surface area contributed by atoms with E-state index < -0.39 is 23.6 Å². The standard InChI is InChI=1S/C25H19ClF3N3O4/c1-36-22-12-16(14-30-32-24(35)17-7-9-21(33)19(26)13-17)5-8-20(22)31-23(34)10-6-15-3-2-4-18(11-15)25(27,28)29/h2-14,33H,1H3,(H,31,34)(H,32,35). The Bertz CT molecular complexity index is 1340. The fraction of sp³-hybridized carbons (Fsp3) is 0.0800. The van der Waals surface area contributed by atoms with Gasteiger partial charge in [-0.25, -0.2) is 5.43 Å². The Balaban J connectivity index is 1.64. The second-order valence-corrected chi connectivity index (χ2v) is 7.68. The highest BCUT2D eigenvalue weighted by atomic mass is 35.5.